The van der Waals surface area contributed by atoms with Gasteiger partial charge in [0.2, 0.25) is 5.95 Å². The number of para-hydroxylation sites is 6. The molecule has 0 atom stereocenters. The van der Waals surface area contributed by atoms with Gasteiger partial charge in [-0.15, -0.1) is 0 Å². The molecule has 0 saturated heterocycles. The van der Waals surface area contributed by atoms with Crippen molar-refractivity contribution >= 4 is 116 Å². The fourth-order valence-corrected chi connectivity index (χ4v) is 19.1. The third-order valence-electron chi connectivity index (χ3n) is 17.7. The molecule has 6 nitrogen and oxygen atoms in total. The number of benzene rings is 12. The molecule has 84 heavy (non-hydrogen) atoms. The van der Waals surface area contributed by atoms with Crippen molar-refractivity contribution in [3.63, 3.8) is 0 Å². The Bertz CT molecular complexity index is 5010. The van der Waals surface area contributed by atoms with Crippen molar-refractivity contribution in [1.82, 2.24) is 28.2 Å². The van der Waals surface area contributed by atoms with Gasteiger partial charge in [-0.1, -0.05) is 218 Å². The van der Waals surface area contributed by atoms with Gasteiger partial charge in [-0.25, -0.2) is 4.98 Å². The van der Waals surface area contributed by atoms with Crippen LogP contribution in [-0.4, -0.2) is 36.3 Å². The predicted octanol–water partition coefficient (Wildman–Crippen LogP) is 16.2. The Labute approximate surface area is 485 Å². The third-order valence-corrected chi connectivity index (χ3v) is 22.6. The van der Waals surface area contributed by atoms with E-state index in [1.165, 1.54) is 69.9 Å². The van der Waals surface area contributed by atoms with E-state index < -0.39 is 8.07 Å². The molecular formula is C77H52N6Si. The average molecular weight is 1090 g/mol. The number of aryl methyl sites for hydroxylation is 1. The molecular weight excluding hydrogens is 1040 g/mol. The topological polar surface area (TPSA) is 45.5 Å². The number of fused-ring (bicyclic) bond motifs is 12. The summed E-state index contributed by atoms with van der Waals surface area (Å²) in [7, 11) is -2.86. The van der Waals surface area contributed by atoms with Gasteiger partial charge in [-0.05, 0) is 107 Å². The molecule has 12 aromatic carbocycles. The number of aromatic nitrogens is 6. The first kappa shape index (κ1) is 47.9. The molecule has 5 heterocycles. The molecule has 0 fully saturated rings. The summed E-state index contributed by atoms with van der Waals surface area (Å²) in [4.78, 5) is 11.5. The molecule has 17 aromatic rings. The van der Waals surface area contributed by atoms with Crippen molar-refractivity contribution in [3.05, 3.63) is 303 Å². The summed E-state index contributed by atoms with van der Waals surface area (Å²) in [5.41, 5.74) is 14.1. The number of hydrogen-bond donors (Lipinski definition) is 0. The summed E-state index contributed by atoms with van der Waals surface area (Å²) in [5, 5.41) is 14.8. The van der Waals surface area contributed by atoms with E-state index in [9.17, 15) is 0 Å². The molecule has 5 aromatic heterocycles. The summed E-state index contributed by atoms with van der Waals surface area (Å²) in [6.45, 7) is 2.29. The van der Waals surface area contributed by atoms with Gasteiger partial charge < -0.3 is 9.13 Å². The minimum atomic E-state index is -2.86. The molecule has 0 spiro atoms. The number of rotatable bonds is 9. The first-order chi connectivity index (χ1) is 41.6. The van der Waals surface area contributed by atoms with Gasteiger partial charge in [0.15, 0.2) is 8.07 Å². The predicted molar refractivity (Wildman–Crippen MR) is 353 cm³/mol. The van der Waals surface area contributed by atoms with Crippen molar-refractivity contribution in [1.29, 1.82) is 0 Å². The summed E-state index contributed by atoms with van der Waals surface area (Å²) in [5.74, 6) is 1.37. The van der Waals surface area contributed by atoms with Gasteiger partial charge in [0.05, 0.1) is 49.8 Å². The minimum Gasteiger partial charge on any atom is -0.309 e. The van der Waals surface area contributed by atoms with Crippen LogP contribution in [0.25, 0.3) is 122 Å². The van der Waals surface area contributed by atoms with E-state index in [1.54, 1.807) is 0 Å². The van der Waals surface area contributed by atoms with Gasteiger partial charge in [-0.3, -0.25) is 9.13 Å². The molecule has 0 aliphatic carbocycles. The van der Waals surface area contributed by atoms with E-state index in [2.05, 4.69) is 322 Å². The van der Waals surface area contributed by atoms with Gasteiger partial charge in [0.25, 0.3) is 0 Å². The molecule has 0 bridgehead atoms. The summed E-state index contributed by atoms with van der Waals surface area (Å²) in [6, 6.07) is 109. The fourth-order valence-electron chi connectivity index (χ4n) is 14.1. The zero-order chi connectivity index (χ0) is 55.5. The fraction of sp³-hybridized carbons (Fsp3) is 0.0130. The molecule has 0 aliphatic heterocycles. The van der Waals surface area contributed by atoms with Crippen molar-refractivity contribution in [2.75, 3.05) is 0 Å². The maximum Gasteiger partial charge on any atom is 0.237 e. The van der Waals surface area contributed by atoms with E-state index in [-0.39, 0.29) is 0 Å². The molecule has 0 N–H and O–H groups in total. The minimum absolute atomic E-state index is 0.592. The second kappa shape index (κ2) is 18.9. The van der Waals surface area contributed by atoms with Crippen LogP contribution in [0.2, 0.25) is 0 Å². The molecule has 0 amide bonds. The van der Waals surface area contributed by atoms with Crippen LogP contribution < -0.4 is 20.7 Å². The van der Waals surface area contributed by atoms with Crippen LogP contribution in [-0.2, 0) is 0 Å². The summed E-state index contributed by atoms with van der Waals surface area (Å²) in [6.07, 6.45) is 0. The van der Waals surface area contributed by atoms with Crippen LogP contribution in [0.15, 0.2) is 297 Å². The standard InChI is InChI=1S/C77H52N6Si/c1-51-47-52(41-46-75(51)84(55-23-5-2-6-24-55,56-25-7-3-8-26-56)57-27-9-4-10-28-57)66-50-76(82-71-39-21-15-33-62(71)64-48-53(42-44-73(64)82)80-67-35-17-11-29-58(67)59-30-12-18-36-68(59)80)79-77(78-66)83-72-40-22-16-34-63(72)65-49-54(43-45-74(65)83)81-69-37-19-13-31-60(69)61-32-14-20-38-70(61)81/h2-50H,1H3. The second-order valence-corrected chi connectivity index (χ2v) is 25.9. The lowest BCUT2D eigenvalue weighted by Crippen LogP contribution is -2.75. The Balaban J connectivity index is 0.914. The van der Waals surface area contributed by atoms with Crippen molar-refractivity contribution in [2.45, 2.75) is 6.92 Å². The Morgan fingerprint density at radius 3 is 1.04 bits per heavy atom. The lowest BCUT2D eigenvalue weighted by molar-refractivity contribution is 0.951. The van der Waals surface area contributed by atoms with Crippen LogP contribution in [0.4, 0.5) is 0 Å². The highest BCUT2D eigenvalue weighted by Gasteiger charge is 2.42. The van der Waals surface area contributed by atoms with Crippen molar-refractivity contribution in [2.24, 2.45) is 0 Å². The first-order valence-corrected chi connectivity index (χ1v) is 30.8. The van der Waals surface area contributed by atoms with E-state index in [0.29, 0.717) is 5.95 Å². The smallest absolute Gasteiger partial charge is 0.237 e. The van der Waals surface area contributed by atoms with Crippen LogP contribution in [0.3, 0.4) is 0 Å². The zero-order valence-electron chi connectivity index (χ0n) is 46.0. The second-order valence-electron chi connectivity index (χ2n) is 22.1. The molecule has 17 rings (SSSR count). The summed E-state index contributed by atoms with van der Waals surface area (Å²) < 4.78 is 9.43. The number of nitrogens with zero attached hydrogens (tertiary/aromatic N) is 6. The van der Waals surface area contributed by atoms with Crippen molar-refractivity contribution < 1.29 is 0 Å². The van der Waals surface area contributed by atoms with E-state index in [1.807, 2.05) is 0 Å². The van der Waals surface area contributed by atoms with Crippen LogP contribution in [0.1, 0.15) is 5.56 Å². The van der Waals surface area contributed by atoms with Crippen molar-refractivity contribution in [3.8, 4) is 34.4 Å². The molecule has 7 heteroatoms. The third kappa shape index (κ3) is 7.09. The SMILES string of the molecule is Cc1cc(-c2cc(-n3c4ccccc4c4cc(-n5c6ccccc6c6ccccc65)ccc43)nc(-n3c4ccccc4c4cc(-n5c6ccccc6c6ccccc65)ccc43)n2)ccc1[Si](c1ccccc1)(c1ccccc1)c1ccccc1. The van der Waals surface area contributed by atoms with Gasteiger partial charge >= 0.3 is 0 Å². The molecule has 0 aliphatic rings. The highest BCUT2D eigenvalue weighted by Crippen LogP contribution is 2.40. The maximum atomic E-state index is 5.76. The largest absolute Gasteiger partial charge is 0.309 e. The zero-order valence-corrected chi connectivity index (χ0v) is 47.0. The lowest BCUT2D eigenvalue weighted by atomic mass is 10.1. The van der Waals surface area contributed by atoms with E-state index in [0.717, 1.165) is 72.1 Å². The normalized spacial score (nSPS) is 12.1. The van der Waals surface area contributed by atoms with Gasteiger partial charge in [0, 0.05) is 66.1 Å². The highest BCUT2D eigenvalue weighted by molar-refractivity contribution is 7.20. The van der Waals surface area contributed by atoms with E-state index in [4.69, 9.17) is 9.97 Å². The Morgan fingerprint density at radius 1 is 0.274 bits per heavy atom. The Kier molecular flexibility index (Phi) is 10.8. The monoisotopic (exact) mass is 1090 g/mol. The number of hydrogen-bond acceptors (Lipinski definition) is 2. The maximum absolute atomic E-state index is 5.76. The van der Waals surface area contributed by atoms with Crippen LogP contribution in [0.5, 0.6) is 0 Å². The Morgan fingerprint density at radius 2 is 0.619 bits per heavy atom. The van der Waals surface area contributed by atoms with Crippen LogP contribution >= 0.6 is 0 Å². The van der Waals surface area contributed by atoms with Gasteiger partial charge in [0.1, 0.15) is 5.82 Å². The first-order valence-electron chi connectivity index (χ1n) is 28.8. The van der Waals surface area contributed by atoms with E-state index >= 15 is 0 Å². The quantitative estimate of drug-likeness (QED) is 0.107. The summed E-state index contributed by atoms with van der Waals surface area (Å²) >= 11 is 0. The van der Waals surface area contributed by atoms with Gasteiger partial charge in [-0.2, -0.15) is 4.98 Å². The molecule has 394 valence electrons. The molecule has 0 unspecified atom stereocenters. The van der Waals surface area contributed by atoms with Crippen LogP contribution in [0, 0.1) is 6.92 Å². The molecule has 0 radical (unpaired) electrons. The molecule has 0 saturated carbocycles. The average Bonchev–Trinajstić information content (AvgIpc) is 3.25. The Hall–Kier alpha value is -10.9. The lowest BCUT2D eigenvalue weighted by Gasteiger charge is -2.35. The highest BCUT2D eigenvalue weighted by atomic mass is 28.3.